The molecule has 0 bridgehead atoms. The van der Waals surface area contributed by atoms with Crippen LogP contribution in [0.3, 0.4) is 0 Å². The number of carbonyl (C=O) groups is 1. The predicted molar refractivity (Wildman–Crippen MR) is 111 cm³/mol. The minimum atomic E-state index is -0.147. The molecule has 8 heteroatoms. The molecule has 0 aliphatic rings. The number of rotatable bonds is 6. The van der Waals surface area contributed by atoms with Crippen LogP contribution in [0.2, 0.25) is 0 Å². The Balaban J connectivity index is 1.46. The highest BCUT2D eigenvalue weighted by Gasteiger charge is 2.18. The van der Waals surface area contributed by atoms with Gasteiger partial charge in [0.25, 0.3) is 5.89 Å². The van der Waals surface area contributed by atoms with Crippen LogP contribution in [0, 0.1) is 6.92 Å². The van der Waals surface area contributed by atoms with Crippen LogP contribution in [0.5, 0.6) is 5.75 Å². The van der Waals surface area contributed by atoms with Gasteiger partial charge in [-0.1, -0.05) is 59.0 Å². The topological polar surface area (TPSA) is 90.1 Å². The lowest BCUT2D eigenvalue weighted by Crippen LogP contribution is -2.14. The summed E-state index contributed by atoms with van der Waals surface area (Å²) in [6.45, 7) is 1.84. The molecule has 0 radical (unpaired) electrons. The Morgan fingerprint density at radius 3 is 2.59 bits per heavy atom. The van der Waals surface area contributed by atoms with E-state index in [-0.39, 0.29) is 12.3 Å². The zero-order valence-corrected chi connectivity index (χ0v) is 16.7. The van der Waals surface area contributed by atoms with Crippen LogP contribution >= 0.6 is 11.3 Å². The summed E-state index contributed by atoms with van der Waals surface area (Å²) < 4.78 is 10.5. The molecule has 1 N–H and O–H groups in total. The lowest BCUT2D eigenvalue weighted by atomic mass is 10.1. The fourth-order valence-corrected chi connectivity index (χ4v) is 3.67. The number of aryl methyl sites for hydroxylation is 1. The van der Waals surface area contributed by atoms with Gasteiger partial charge in [0.1, 0.15) is 10.6 Å². The molecule has 0 aliphatic carbocycles. The molecular weight excluding hydrogens is 388 g/mol. The van der Waals surface area contributed by atoms with E-state index in [0.717, 1.165) is 27.4 Å². The number of carbonyl (C=O) groups excluding carboxylic acids is 1. The molecule has 0 spiro atoms. The molecule has 2 aromatic heterocycles. The van der Waals surface area contributed by atoms with Gasteiger partial charge in [0.15, 0.2) is 5.13 Å². The number of ether oxygens (including phenoxy) is 1. The van der Waals surface area contributed by atoms with E-state index in [0.29, 0.717) is 16.8 Å². The number of nitrogens with one attached hydrogen (secondary N) is 1. The Bertz CT molecular complexity index is 1120. The van der Waals surface area contributed by atoms with E-state index in [9.17, 15) is 4.79 Å². The van der Waals surface area contributed by atoms with Crippen molar-refractivity contribution in [1.82, 2.24) is 15.1 Å². The van der Waals surface area contributed by atoms with Gasteiger partial charge >= 0.3 is 0 Å². The maximum absolute atomic E-state index is 12.4. The molecule has 146 valence electrons. The number of methoxy groups -OCH3 is 1. The van der Waals surface area contributed by atoms with Crippen LogP contribution < -0.4 is 10.1 Å². The normalized spacial score (nSPS) is 10.7. The number of nitrogens with zero attached hydrogens (tertiary/aromatic N) is 3. The van der Waals surface area contributed by atoms with E-state index in [1.807, 2.05) is 61.5 Å². The molecule has 0 saturated carbocycles. The van der Waals surface area contributed by atoms with Gasteiger partial charge in [0, 0.05) is 5.56 Å². The lowest BCUT2D eigenvalue weighted by Gasteiger charge is -2.03. The summed E-state index contributed by atoms with van der Waals surface area (Å²) in [5, 5.41) is 7.37. The minimum absolute atomic E-state index is 0.147. The third-order valence-electron chi connectivity index (χ3n) is 4.22. The Hall–Kier alpha value is -3.52. The largest absolute Gasteiger partial charge is 0.497 e. The van der Waals surface area contributed by atoms with Gasteiger partial charge in [-0.25, -0.2) is 4.98 Å². The van der Waals surface area contributed by atoms with Gasteiger partial charge in [-0.3, -0.25) is 4.79 Å². The van der Waals surface area contributed by atoms with Crippen molar-refractivity contribution < 1.29 is 14.1 Å². The molecule has 1 amide bonds. The molecule has 2 aromatic carbocycles. The lowest BCUT2D eigenvalue weighted by molar-refractivity contribution is -0.115. The summed E-state index contributed by atoms with van der Waals surface area (Å²) in [5.74, 6) is 1.50. The molecule has 2 heterocycles. The summed E-state index contributed by atoms with van der Waals surface area (Å²) in [6.07, 6.45) is 0.247. The molecule has 4 rings (SSSR count). The monoisotopic (exact) mass is 406 g/mol. The van der Waals surface area contributed by atoms with Crippen molar-refractivity contribution in [2.75, 3.05) is 12.4 Å². The Kier molecular flexibility index (Phi) is 5.35. The second-order valence-corrected chi connectivity index (χ2v) is 7.29. The van der Waals surface area contributed by atoms with Crippen molar-refractivity contribution in [3.63, 3.8) is 0 Å². The van der Waals surface area contributed by atoms with E-state index in [4.69, 9.17) is 9.26 Å². The smallest absolute Gasteiger partial charge is 0.270 e. The van der Waals surface area contributed by atoms with Crippen molar-refractivity contribution in [3.8, 4) is 27.9 Å². The van der Waals surface area contributed by atoms with Gasteiger partial charge < -0.3 is 14.6 Å². The summed E-state index contributed by atoms with van der Waals surface area (Å²) in [6, 6.07) is 17.0. The average Bonchev–Trinajstić information content (AvgIpc) is 3.36. The zero-order valence-electron chi connectivity index (χ0n) is 15.9. The van der Waals surface area contributed by atoms with Crippen molar-refractivity contribution in [2.45, 2.75) is 13.3 Å². The van der Waals surface area contributed by atoms with Crippen LogP contribution in [0.1, 0.15) is 11.3 Å². The maximum atomic E-state index is 12.4. The number of anilines is 1. The van der Waals surface area contributed by atoms with Gasteiger partial charge in [-0.15, -0.1) is 0 Å². The molecular formula is C21H18N4O3S. The first-order valence-corrected chi connectivity index (χ1v) is 9.74. The predicted octanol–water partition coefficient (Wildman–Crippen LogP) is 4.36. The summed E-state index contributed by atoms with van der Waals surface area (Å²) in [7, 11) is 1.61. The Morgan fingerprint density at radius 2 is 1.86 bits per heavy atom. The molecule has 4 aromatic rings. The van der Waals surface area contributed by atoms with Crippen LogP contribution in [0.15, 0.2) is 59.1 Å². The highest BCUT2D eigenvalue weighted by molar-refractivity contribution is 7.19. The third kappa shape index (κ3) is 4.33. The standard InChI is InChI=1S/C21H18N4O3S/c1-13-18(20-24-19(25-28-20)15-6-4-3-5-7-15)29-21(22-13)23-17(26)12-14-8-10-16(27-2)11-9-14/h3-11H,12H2,1-2H3,(H,22,23,26). The molecule has 29 heavy (non-hydrogen) atoms. The van der Waals surface area contributed by atoms with Gasteiger partial charge in [-0.2, -0.15) is 4.98 Å². The highest BCUT2D eigenvalue weighted by Crippen LogP contribution is 2.32. The second-order valence-electron chi connectivity index (χ2n) is 6.30. The van der Waals surface area contributed by atoms with Crippen molar-refractivity contribution in [2.24, 2.45) is 0 Å². The number of thiazole rings is 1. The van der Waals surface area contributed by atoms with E-state index < -0.39 is 0 Å². The van der Waals surface area contributed by atoms with Crippen LogP contribution in [-0.4, -0.2) is 28.1 Å². The van der Waals surface area contributed by atoms with E-state index >= 15 is 0 Å². The Labute approximate surface area is 171 Å². The summed E-state index contributed by atoms with van der Waals surface area (Å²) >= 11 is 1.31. The van der Waals surface area contributed by atoms with Crippen LogP contribution in [-0.2, 0) is 11.2 Å². The van der Waals surface area contributed by atoms with Crippen molar-refractivity contribution in [1.29, 1.82) is 0 Å². The van der Waals surface area contributed by atoms with E-state index in [2.05, 4.69) is 20.4 Å². The number of hydrogen-bond acceptors (Lipinski definition) is 7. The molecule has 0 atom stereocenters. The van der Waals surface area contributed by atoms with Gasteiger partial charge in [0.05, 0.1) is 19.2 Å². The van der Waals surface area contributed by atoms with E-state index in [1.54, 1.807) is 7.11 Å². The van der Waals surface area contributed by atoms with E-state index in [1.165, 1.54) is 11.3 Å². The number of aromatic nitrogens is 3. The number of hydrogen-bond donors (Lipinski definition) is 1. The summed E-state index contributed by atoms with van der Waals surface area (Å²) in [5.41, 5.74) is 2.48. The molecule has 0 aliphatic heterocycles. The second kappa shape index (κ2) is 8.24. The molecule has 0 fully saturated rings. The average molecular weight is 406 g/mol. The fourth-order valence-electron chi connectivity index (χ4n) is 2.76. The number of amides is 1. The number of benzene rings is 2. The van der Waals surface area contributed by atoms with Crippen LogP contribution in [0.25, 0.3) is 22.2 Å². The maximum Gasteiger partial charge on any atom is 0.270 e. The first-order chi connectivity index (χ1) is 14.1. The van der Waals surface area contributed by atoms with Gasteiger partial charge in [-0.05, 0) is 24.6 Å². The third-order valence-corrected chi connectivity index (χ3v) is 5.28. The Morgan fingerprint density at radius 1 is 1.10 bits per heavy atom. The quantitative estimate of drug-likeness (QED) is 0.512. The molecule has 0 unspecified atom stereocenters. The minimum Gasteiger partial charge on any atom is -0.497 e. The zero-order chi connectivity index (χ0) is 20.2. The summed E-state index contributed by atoms with van der Waals surface area (Å²) in [4.78, 5) is 22.0. The van der Waals surface area contributed by atoms with Gasteiger partial charge in [0.2, 0.25) is 11.7 Å². The SMILES string of the molecule is COc1ccc(CC(=O)Nc2nc(C)c(-c3nc(-c4ccccc4)no3)s2)cc1. The van der Waals surface area contributed by atoms with Crippen molar-refractivity contribution >= 4 is 22.4 Å². The first-order valence-electron chi connectivity index (χ1n) is 8.92. The highest BCUT2D eigenvalue weighted by atomic mass is 32.1. The fraction of sp³-hybridized carbons (Fsp3) is 0.143. The first kappa shape index (κ1) is 18.8. The van der Waals surface area contributed by atoms with Crippen LogP contribution in [0.4, 0.5) is 5.13 Å². The molecule has 0 saturated heterocycles. The van der Waals surface area contributed by atoms with Crippen molar-refractivity contribution in [3.05, 3.63) is 65.9 Å². The molecule has 7 nitrogen and oxygen atoms in total.